The number of nitrogens with one attached hydrogen (secondary N) is 3. The van der Waals surface area contributed by atoms with Gasteiger partial charge in [0.15, 0.2) is 10.6 Å². The molecule has 0 bridgehead atoms. The van der Waals surface area contributed by atoms with Crippen molar-refractivity contribution in [2.45, 2.75) is 50.6 Å². The van der Waals surface area contributed by atoms with E-state index >= 15 is 4.39 Å². The molecule has 9 nitrogen and oxygen atoms in total. The molecule has 0 radical (unpaired) electrons. The zero-order chi connectivity index (χ0) is 31.0. The lowest BCUT2D eigenvalue weighted by molar-refractivity contribution is -0.152. The van der Waals surface area contributed by atoms with E-state index in [4.69, 9.17) is 4.74 Å². The number of alkyl halides is 3. The molecule has 1 atom stereocenters. The largest absolute Gasteiger partial charge is 0.436 e. The Balaban J connectivity index is 1.54. The van der Waals surface area contributed by atoms with Crippen molar-refractivity contribution in [3.05, 3.63) is 66.4 Å². The van der Waals surface area contributed by atoms with E-state index in [0.29, 0.717) is 30.9 Å². The van der Waals surface area contributed by atoms with Crippen LogP contribution in [0.25, 0.3) is 22.0 Å². The van der Waals surface area contributed by atoms with Crippen LogP contribution in [0.4, 0.5) is 29.1 Å². The third-order valence-electron chi connectivity index (χ3n) is 7.47. The number of piperidine rings is 1. The second-order valence-corrected chi connectivity index (χ2v) is 13.0. The lowest BCUT2D eigenvalue weighted by atomic mass is 10.0. The van der Waals surface area contributed by atoms with Gasteiger partial charge >= 0.3 is 6.18 Å². The molecule has 1 aliphatic rings. The molecule has 3 N–H and O–H groups in total. The van der Waals surface area contributed by atoms with E-state index in [0.717, 1.165) is 25.9 Å². The monoisotopic (exact) mass is 618 g/mol. The predicted octanol–water partition coefficient (Wildman–Crippen LogP) is 6.18. The Bertz CT molecular complexity index is 1760. The minimum atomic E-state index is -5.12. The molecule has 0 saturated carbocycles. The predicted molar refractivity (Wildman–Crippen MR) is 156 cm³/mol. The minimum Gasteiger partial charge on any atom is -0.436 e. The lowest BCUT2D eigenvalue weighted by Gasteiger charge is -2.28. The Hall–Kier alpha value is -4.04. The molecule has 2 aromatic heterocycles. The second kappa shape index (κ2) is 11.6. The molecule has 0 amide bonds. The van der Waals surface area contributed by atoms with Crippen LogP contribution in [0, 0.1) is 12.7 Å². The molecule has 2 aromatic carbocycles. The van der Waals surface area contributed by atoms with Gasteiger partial charge in [-0.25, -0.2) is 27.8 Å². The van der Waals surface area contributed by atoms with Gasteiger partial charge in [0.2, 0.25) is 15.9 Å². The van der Waals surface area contributed by atoms with Crippen LogP contribution in [0.1, 0.15) is 32.3 Å². The highest BCUT2D eigenvalue weighted by Crippen LogP contribution is 2.44. The molecule has 228 valence electrons. The van der Waals surface area contributed by atoms with Gasteiger partial charge in [0, 0.05) is 53.1 Å². The van der Waals surface area contributed by atoms with Gasteiger partial charge in [-0.05, 0) is 52.3 Å². The second-order valence-electron chi connectivity index (χ2n) is 10.7. The zero-order valence-corrected chi connectivity index (χ0v) is 24.4. The Morgan fingerprint density at radius 1 is 1.02 bits per heavy atom. The van der Waals surface area contributed by atoms with Gasteiger partial charge in [-0.15, -0.1) is 0 Å². The van der Waals surface area contributed by atoms with Gasteiger partial charge in [-0.1, -0.05) is 24.3 Å². The summed E-state index contributed by atoms with van der Waals surface area (Å²) in [6, 6.07) is 9.81. The van der Waals surface area contributed by atoms with Crippen molar-refractivity contribution in [1.82, 2.24) is 20.3 Å². The highest BCUT2D eigenvalue weighted by molar-refractivity contribution is 7.94. The fraction of sp³-hybridized carbons (Fsp3) is 0.345. The van der Waals surface area contributed by atoms with Crippen LogP contribution >= 0.6 is 0 Å². The van der Waals surface area contributed by atoms with Gasteiger partial charge in [0.05, 0.1) is 5.69 Å². The number of anilines is 2. The molecular formula is C29H30F4N6O3S. The summed E-state index contributed by atoms with van der Waals surface area (Å²) >= 11 is 0. The normalized spacial score (nSPS) is 16.2. The summed E-state index contributed by atoms with van der Waals surface area (Å²) in [5.41, 5.74) is 0.222. The highest BCUT2D eigenvalue weighted by atomic mass is 32.2. The Labute approximate surface area is 246 Å². The summed E-state index contributed by atoms with van der Waals surface area (Å²) in [7, 11) is -5.12. The molecule has 14 heteroatoms. The SMILES string of the molecule is Cc1c(F)c(NS(=O)(=O)C(C)(C)C(F)(F)F)c2ccccc2c1Oc1nccnc1-c1ccnc(NC2CCCNC2)c1. The number of rotatable bonds is 8. The number of aromatic nitrogens is 3. The first-order chi connectivity index (χ1) is 20.3. The first-order valence-corrected chi connectivity index (χ1v) is 15.0. The minimum absolute atomic E-state index is 0.00378. The van der Waals surface area contributed by atoms with Gasteiger partial charge in [0.25, 0.3) is 0 Å². The molecular weight excluding hydrogens is 588 g/mol. The van der Waals surface area contributed by atoms with Crippen LogP contribution in [0.3, 0.4) is 0 Å². The maximum Gasteiger partial charge on any atom is 0.409 e. The van der Waals surface area contributed by atoms with Crippen LogP contribution in [-0.2, 0) is 10.0 Å². The van der Waals surface area contributed by atoms with Crippen molar-refractivity contribution < 1.29 is 30.7 Å². The Morgan fingerprint density at radius 2 is 1.74 bits per heavy atom. The number of hydrogen-bond acceptors (Lipinski definition) is 8. The van der Waals surface area contributed by atoms with Crippen molar-refractivity contribution in [3.8, 4) is 22.9 Å². The Morgan fingerprint density at radius 3 is 2.44 bits per heavy atom. The molecule has 4 aromatic rings. The van der Waals surface area contributed by atoms with Crippen LogP contribution in [0.2, 0.25) is 0 Å². The molecule has 0 aliphatic carbocycles. The van der Waals surface area contributed by atoms with Crippen molar-refractivity contribution in [2.24, 2.45) is 0 Å². The van der Waals surface area contributed by atoms with E-state index in [9.17, 15) is 21.6 Å². The number of fused-ring (bicyclic) bond motifs is 1. The van der Waals surface area contributed by atoms with E-state index < -0.39 is 32.5 Å². The molecule has 1 saturated heterocycles. The van der Waals surface area contributed by atoms with Gasteiger partial charge in [-0.3, -0.25) is 4.72 Å². The average molecular weight is 619 g/mol. The molecule has 0 spiro atoms. The summed E-state index contributed by atoms with van der Waals surface area (Å²) in [6.45, 7) is 4.15. The first-order valence-electron chi connectivity index (χ1n) is 13.5. The Kier molecular flexibility index (Phi) is 8.18. The quantitative estimate of drug-likeness (QED) is 0.201. The van der Waals surface area contributed by atoms with E-state index in [-0.39, 0.29) is 34.0 Å². The standard InChI is InChI=1S/C29H30F4N6O3S/c1-17-23(30)25(39-43(40,41)28(2,3)29(31,32)33)20-8-4-5-9-21(20)26(17)42-27-24(36-13-14-37-27)18-10-12-35-22(15-18)38-19-7-6-11-34-16-19/h4-5,8-10,12-15,19,34,39H,6-7,11,16H2,1-3H3,(H,35,38). The van der Waals surface area contributed by atoms with Crippen molar-refractivity contribution in [1.29, 1.82) is 0 Å². The highest BCUT2D eigenvalue weighted by Gasteiger charge is 2.57. The zero-order valence-electron chi connectivity index (χ0n) is 23.6. The number of halogens is 4. The summed E-state index contributed by atoms with van der Waals surface area (Å²) in [4.78, 5) is 13.2. The number of pyridine rings is 1. The topological polar surface area (TPSA) is 118 Å². The number of hydrogen-bond donors (Lipinski definition) is 3. The fourth-order valence-electron chi connectivity index (χ4n) is 4.69. The molecule has 1 unspecified atom stereocenters. The average Bonchev–Trinajstić information content (AvgIpc) is 2.98. The van der Waals surface area contributed by atoms with Gasteiger partial charge in [0.1, 0.15) is 17.3 Å². The van der Waals surface area contributed by atoms with Crippen LogP contribution < -0.4 is 20.1 Å². The fourth-order valence-corrected chi connectivity index (χ4v) is 5.72. The van der Waals surface area contributed by atoms with E-state index in [1.54, 1.807) is 30.5 Å². The van der Waals surface area contributed by atoms with Crippen molar-refractivity contribution >= 4 is 32.3 Å². The third-order valence-corrected chi connectivity index (χ3v) is 9.51. The number of ether oxygens (including phenoxy) is 1. The first kappa shape index (κ1) is 30.4. The van der Waals surface area contributed by atoms with Gasteiger partial charge in [-0.2, -0.15) is 13.2 Å². The summed E-state index contributed by atoms with van der Waals surface area (Å²) < 4.78 is 87.2. The maximum atomic E-state index is 15.9. The third kappa shape index (κ3) is 5.93. The molecule has 43 heavy (non-hydrogen) atoms. The number of sulfonamides is 1. The summed E-state index contributed by atoms with van der Waals surface area (Å²) in [5, 5.41) is 7.00. The van der Waals surface area contributed by atoms with Crippen LogP contribution in [-0.4, -0.2) is 53.4 Å². The van der Waals surface area contributed by atoms with E-state index in [1.807, 2.05) is 4.72 Å². The van der Waals surface area contributed by atoms with Crippen molar-refractivity contribution in [3.63, 3.8) is 0 Å². The van der Waals surface area contributed by atoms with Crippen LogP contribution in [0.5, 0.6) is 11.6 Å². The molecule has 3 heterocycles. The van der Waals surface area contributed by atoms with E-state index in [2.05, 4.69) is 25.6 Å². The summed E-state index contributed by atoms with van der Waals surface area (Å²) in [5.74, 6) is -0.405. The smallest absolute Gasteiger partial charge is 0.409 e. The van der Waals surface area contributed by atoms with Gasteiger partial charge < -0.3 is 15.4 Å². The molecule has 1 aliphatic heterocycles. The number of benzene rings is 2. The lowest BCUT2D eigenvalue weighted by Crippen LogP contribution is -2.49. The summed E-state index contributed by atoms with van der Waals surface area (Å²) in [6.07, 6.45) is 1.44. The van der Waals surface area contributed by atoms with E-state index in [1.165, 1.54) is 31.5 Å². The molecule has 5 rings (SSSR count). The molecule has 1 fully saturated rings. The van der Waals surface area contributed by atoms with Crippen molar-refractivity contribution in [2.75, 3.05) is 23.1 Å². The number of nitrogens with zero attached hydrogens (tertiary/aromatic N) is 3. The van der Waals surface area contributed by atoms with Crippen LogP contribution in [0.15, 0.2) is 55.0 Å². The maximum absolute atomic E-state index is 15.9.